The van der Waals surface area contributed by atoms with Gasteiger partial charge in [-0.15, -0.1) is 0 Å². The van der Waals surface area contributed by atoms with E-state index >= 15 is 0 Å². The van der Waals surface area contributed by atoms with E-state index in [9.17, 15) is 4.79 Å². The number of likely N-dealkylation sites (tertiary alicyclic amines) is 1. The summed E-state index contributed by atoms with van der Waals surface area (Å²) in [5.41, 5.74) is 0. The number of carboxylic acid groups (broad SMARTS) is 1. The Kier molecular flexibility index (Phi) is 2.02. The molecule has 2 fully saturated rings. The quantitative estimate of drug-likeness (QED) is 0.587. The predicted octanol–water partition coefficient (Wildman–Crippen LogP) is -0.493. The Balaban J connectivity index is 1.91. The van der Waals surface area contributed by atoms with Crippen LogP contribution in [0.25, 0.3) is 0 Å². The fraction of sp³-hybridized carbons (Fsp3) is 0.875. The molecule has 0 saturated carbocycles. The molecule has 4 nitrogen and oxygen atoms in total. The summed E-state index contributed by atoms with van der Waals surface area (Å²) in [4.78, 5) is 12.8. The van der Waals surface area contributed by atoms with Crippen molar-refractivity contribution in [3.63, 3.8) is 0 Å². The average molecular weight is 170 g/mol. The number of aliphatic carboxylic acids is 1. The molecule has 0 radical (unpaired) electrons. The topological polar surface area (TPSA) is 52.6 Å². The number of carboxylic acids is 1. The van der Waals surface area contributed by atoms with Gasteiger partial charge in [0, 0.05) is 19.1 Å². The normalized spacial score (nSPS) is 36.3. The summed E-state index contributed by atoms with van der Waals surface area (Å²) in [5, 5.41) is 12.0. The van der Waals surface area contributed by atoms with E-state index in [4.69, 9.17) is 5.11 Å². The van der Waals surface area contributed by atoms with Gasteiger partial charge in [-0.05, 0) is 19.4 Å². The maximum absolute atomic E-state index is 10.7. The highest BCUT2D eigenvalue weighted by Gasteiger charge is 2.39. The Labute approximate surface area is 71.5 Å². The van der Waals surface area contributed by atoms with Gasteiger partial charge in [0.25, 0.3) is 0 Å². The second-order valence-corrected chi connectivity index (χ2v) is 3.53. The number of hydrogen-bond acceptors (Lipinski definition) is 3. The largest absolute Gasteiger partial charge is 0.480 e. The third-order valence-corrected chi connectivity index (χ3v) is 2.85. The Morgan fingerprint density at radius 1 is 1.50 bits per heavy atom. The third kappa shape index (κ3) is 1.21. The molecule has 68 valence electrons. The van der Waals surface area contributed by atoms with Gasteiger partial charge in [0.1, 0.15) is 6.04 Å². The molecule has 0 bridgehead atoms. The number of carbonyl (C=O) groups is 1. The number of rotatable bonds is 2. The maximum atomic E-state index is 10.7. The summed E-state index contributed by atoms with van der Waals surface area (Å²) in [6.45, 7) is 2.96. The van der Waals surface area contributed by atoms with E-state index in [1.54, 1.807) is 0 Å². The first-order chi connectivity index (χ1) is 5.79. The molecule has 2 heterocycles. The van der Waals surface area contributed by atoms with Crippen LogP contribution in [-0.2, 0) is 4.79 Å². The number of nitrogens with one attached hydrogen (secondary N) is 1. The molecule has 2 aliphatic rings. The van der Waals surface area contributed by atoms with Gasteiger partial charge in [-0.25, -0.2) is 0 Å². The second kappa shape index (κ2) is 3.03. The van der Waals surface area contributed by atoms with Crippen LogP contribution in [0.5, 0.6) is 0 Å². The Morgan fingerprint density at radius 3 is 2.75 bits per heavy atom. The van der Waals surface area contributed by atoms with Crippen LogP contribution in [-0.4, -0.2) is 47.7 Å². The van der Waals surface area contributed by atoms with Gasteiger partial charge >= 0.3 is 5.97 Å². The SMILES string of the molecule is O=C(O)C1CCN1C1CCNC1. The fourth-order valence-corrected chi connectivity index (χ4v) is 2.03. The first-order valence-electron chi connectivity index (χ1n) is 4.48. The van der Waals surface area contributed by atoms with Crippen molar-refractivity contribution in [1.29, 1.82) is 0 Å². The molecule has 2 atom stereocenters. The van der Waals surface area contributed by atoms with Crippen molar-refractivity contribution >= 4 is 5.97 Å². The molecule has 2 saturated heterocycles. The zero-order valence-electron chi connectivity index (χ0n) is 6.99. The van der Waals surface area contributed by atoms with Gasteiger partial charge in [0.2, 0.25) is 0 Å². The van der Waals surface area contributed by atoms with Crippen LogP contribution in [0, 0.1) is 0 Å². The standard InChI is InChI=1S/C8H14N2O2/c11-8(12)7-2-4-10(7)6-1-3-9-5-6/h6-7,9H,1-5H2,(H,11,12). The summed E-state index contributed by atoms with van der Waals surface area (Å²) < 4.78 is 0. The molecule has 0 aromatic carbocycles. The lowest BCUT2D eigenvalue weighted by molar-refractivity contribution is -0.149. The highest BCUT2D eigenvalue weighted by molar-refractivity contribution is 5.74. The highest BCUT2D eigenvalue weighted by Crippen LogP contribution is 2.23. The zero-order valence-corrected chi connectivity index (χ0v) is 6.99. The number of nitrogens with zero attached hydrogens (tertiary/aromatic N) is 1. The average Bonchev–Trinajstić information content (AvgIpc) is 2.35. The van der Waals surface area contributed by atoms with Crippen molar-refractivity contribution in [3.05, 3.63) is 0 Å². The lowest BCUT2D eigenvalue weighted by Crippen LogP contribution is -2.57. The van der Waals surface area contributed by atoms with Crippen LogP contribution in [0.1, 0.15) is 12.8 Å². The van der Waals surface area contributed by atoms with Crippen LogP contribution >= 0.6 is 0 Å². The number of hydrogen-bond donors (Lipinski definition) is 2. The molecule has 4 heteroatoms. The molecule has 12 heavy (non-hydrogen) atoms. The van der Waals surface area contributed by atoms with Crippen molar-refractivity contribution in [3.8, 4) is 0 Å². The van der Waals surface area contributed by atoms with Crippen molar-refractivity contribution in [2.75, 3.05) is 19.6 Å². The van der Waals surface area contributed by atoms with Crippen LogP contribution < -0.4 is 5.32 Å². The highest BCUT2D eigenvalue weighted by atomic mass is 16.4. The van der Waals surface area contributed by atoms with Crippen molar-refractivity contribution < 1.29 is 9.90 Å². The van der Waals surface area contributed by atoms with Crippen molar-refractivity contribution in [2.45, 2.75) is 24.9 Å². The minimum Gasteiger partial charge on any atom is -0.480 e. The second-order valence-electron chi connectivity index (χ2n) is 3.53. The molecule has 0 aromatic heterocycles. The van der Waals surface area contributed by atoms with E-state index in [0.29, 0.717) is 6.04 Å². The van der Waals surface area contributed by atoms with Gasteiger partial charge in [0.15, 0.2) is 0 Å². The Morgan fingerprint density at radius 2 is 2.33 bits per heavy atom. The summed E-state index contributed by atoms with van der Waals surface area (Å²) in [6.07, 6.45) is 1.93. The minimum atomic E-state index is -0.659. The summed E-state index contributed by atoms with van der Waals surface area (Å²) >= 11 is 0. The molecule has 0 aromatic rings. The minimum absolute atomic E-state index is 0.199. The first-order valence-corrected chi connectivity index (χ1v) is 4.48. The molecule has 2 unspecified atom stereocenters. The van der Waals surface area contributed by atoms with E-state index < -0.39 is 5.97 Å². The maximum Gasteiger partial charge on any atom is 0.320 e. The molecule has 0 amide bonds. The molecule has 2 rings (SSSR count). The molecule has 0 aliphatic carbocycles. The summed E-state index contributed by atoms with van der Waals surface area (Å²) in [6, 6.07) is 0.273. The van der Waals surface area contributed by atoms with Crippen LogP contribution in [0.3, 0.4) is 0 Å². The monoisotopic (exact) mass is 170 g/mol. The molecular formula is C8H14N2O2. The Hall–Kier alpha value is -0.610. The van der Waals surface area contributed by atoms with Gasteiger partial charge in [-0.1, -0.05) is 0 Å². The van der Waals surface area contributed by atoms with Crippen molar-refractivity contribution in [1.82, 2.24) is 10.2 Å². The van der Waals surface area contributed by atoms with E-state index in [0.717, 1.165) is 32.5 Å². The van der Waals surface area contributed by atoms with Crippen molar-refractivity contribution in [2.24, 2.45) is 0 Å². The van der Waals surface area contributed by atoms with Gasteiger partial charge in [0.05, 0.1) is 0 Å². The van der Waals surface area contributed by atoms with E-state index in [1.807, 2.05) is 0 Å². The van der Waals surface area contributed by atoms with Crippen LogP contribution in [0.2, 0.25) is 0 Å². The summed E-state index contributed by atoms with van der Waals surface area (Å²) in [7, 11) is 0. The molecule has 0 spiro atoms. The van der Waals surface area contributed by atoms with E-state index in [1.165, 1.54) is 0 Å². The van der Waals surface area contributed by atoms with Crippen LogP contribution in [0.15, 0.2) is 0 Å². The van der Waals surface area contributed by atoms with Crippen LogP contribution in [0.4, 0.5) is 0 Å². The third-order valence-electron chi connectivity index (χ3n) is 2.85. The molecule has 2 N–H and O–H groups in total. The van der Waals surface area contributed by atoms with Gasteiger partial charge in [-0.3, -0.25) is 9.69 Å². The molecule has 2 aliphatic heterocycles. The lowest BCUT2D eigenvalue weighted by Gasteiger charge is -2.42. The fourth-order valence-electron chi connectivity index (χ4n) is 2.03. The van der Waals surface area contributed by atoms with Gasteiger partial charge < -0.3 is 10.4 Å². The summed E-state index contributed by atoms with van der Waals surface area (Å²) in [5.74, 6) is -0.659. The Bertz CT molecular complexity index is 189. The zero-order chi connectivity index (χ0) is 8.55. The first kappa shape index (κ1) is 8.01. The van der Waals surface area contributed by atoms with Gasteiger partial charge in [-0.2, -0.15) is 0 Å². The molecular weight excluding hydrogens is 156 g/mol. The van der Waals surface area contributed by atoms with E-state index in [2.05, 4.69) is 10.2 Å². The smallest absolute Gasteiger partial charge is 0.320 e. The lowest BCUT2D eigenvalue weighted by atomic mass is 9.99. The predicted molar refractivity (Wildman–Crippen MR) is 44.0 cm³/mol. The van der Waals surface area contributed by atoms with E-state index in [-0.39, 0.29) is 6.04 Å².